The van der Waals surface area contributed by atoms with Crippen LogP contribution >= 0.6 is 23.2 Å². The number of phenols is 2. The zero-order valence-electron chi connectivity index (χ0n) is 15.1. The molecule has 13 heteroatoms. The number of nitrogens with one attached hydrogen (secondary N) is 1. The largest absolute Gasteiger partial charge is 0.506 e. The lowest BCUT2D eigenvalue weighted by atomic mass is 10.1. The summed E-state index contributed by atoms with van der Waals surface area (Å²) in [6.45, 7) is -0.539. The van der Waals surface area contributed by atoms with Crippen molar-refractivity contribution in [2.75, 3.05) is 11.9 Å². The minimum absolute atomic E-state index is 0.0175. The van der Waals surface area contributed by atoms with Crippen molar-refractivity contribution in [1.82, 2.24) is 19.5 Å². The Morgan fingerprint density at radius 1 is 1.07 bits per heavy atom. The fraction of sp³-hybridized carbons (Fsp3) is 0.353. The molecule has 2 aromatic heterocycles. The maximum absolute atomic E-state index is 10.3. The number of hydrogen-bond acceptors (Lipinski definition) is 10. The predicted octanol–water partition coefficient (Wildman–Crippen LogP) is 0.768. The van der Waals surface area contributed by atoms with Gasteiger partial charge in [0.1, 0.15) is 36.1 Å². The smallest absolute Gasteiger partial charge is 0.167 e. The van der Waals surface area contributed by atoms with Crippen molar-refractivity contribution in [2.45, 2.75) is 31.1 Å². The molecule has 6 N–H and O–H groups in total. The van der Waals surface area contributed by atoms with E-state index in [4.69, 9.17) is 27.9 Å². The first-order chi connectivity index (χ1) is 14.3. The number of aromatic hydroxyl groups is 2. The number of anilines is 1. The van der Waals surface area contributed by atoms with Gasteiger partial charge in [0.15, 0.2) is 23.2 Å². The molecule has 1 fully saturated rings. The fourth-order valence-electron chi connectivity index (χ4n) is 3.27. The Morgan fingerprint density at radius 2 is 1.77 bits per heavy atom. The minimum Gasteiger partial charge on any atom is -0.506 e. The Kier molecular flexibility index (Phi) is 5.57. The number of aliphatic hydroxyl groups excluding tert-OH is 3. The molecule has 11 nitrogen and oxygen atoms in total. The summed E-state index contributed by atoms with van der Waals surface area (Å²) in [6, 6.07) is 1.23. The molecule has 4 rings (SSSR count). The number of halogens is 2. The highest BCUT2D eigenvalue weighted by atomic mass is 35.5. The average molecular weight is 458 g/mol. The van der Waals surface area contributed by atoms with Crippen molar-refractivity contribution in [2.24, 2.45) is 0 Å². The second kappa shape index (κ2) is 8.02. The number of aliphatic hydroxyl groups is 3. The monoisotopic (exact) mass is 457 g/mol. The van der Waals surface area contributed by atoms with Crippen molar-refractivity contribution in [3.05, 3.63) is 34.3 Å². The van der Waals surface area contributed by atoms with Gasteiger partial charge in [-0.1, -0.05) is 23.2 Å². The molecule has 1 unspecified atom stereocenters. The highest BCUT2D eigenvalue weighted by Gasteiger charge is 2.44. The molecule has 1 aliphatic heterocycles. The van der Waals surface area contributed by atoms with Gasteiger partial charge in [0.2, 0.25) is 0 Å². The second-order valence-electron chi connectivity index (χ2n) is 6.64. The molecular formula is C17H17Cl2N5O6. The zero-order chi connectivity index (χ0) is 21.6. The first-order valence-corrected chi connectivity index (χ1v) is 9.51. The average Bonchev–Trinajstić information content (AvgIpc) is 3.28. The summed E-state index contributed by atoms with van der Waals surface area (Å²) in [7, 11) is 0. The van der Waals surface area contributed by atoms with E-state index in [2.05, 4.69) is 20.3 Å². The van der Waals surface area contributed by atoms with Crippen LogP contribution in [0, 0.1) is 0 Å². The summed E-state index contributed by atoms with van der Waals surface area (Å²) in [5.74, 6) is -0.387. The number of imidazole rings is 1. The van der Waals surface area contributed by atoms with Gasteiger partial charge in [0.05, 0.1) is 28.5 Å². The van der Waals surface area contributed by atoms with Gasteiger partial charge in [-0.2, -0.15) is 0 Å². The van der Waals surface area contributed by atoms with Crippen LogP contribution in [0.15, 0.2) is 18.7 Å². The summed E-state index contributed by atoms with van der Waals surface area (Å²) in [5.41, 5.74) is 0.671. The third-order valence-corrected chi connectivity index (χ3v) is 5.44. The Morgan fingerprint density at radius 3 is 2.40 bits per heavy atom. The summed E-state index contributed by atoms with van der Waals surface area (Å²) in [5, 5.41) is 52.6. The van der Waals surface area contributed by atoms with Gasteiger partial charge >= 0.3 is 0 Å². The van der Waals surface area contributed by atoms with Gasteiger partial charge in [0.25, 0.3) is 0 Å². The Hall–Kier alpha value is -2.41. The van der Waals surface area contributed by atoms with Crippen LogP contribution in [0.25, 0.3) is 11.2 Å². The van der Waals surface area contributed by atoms with E-state index >= 15 is 0 Å². The summed E-state index contributed by atoms with van der Waals surface area (Å²) >= 11 is 11.8. The summed E-state index contributed by atoms with van der Waals surface area (Å²) < 4.78 is 6.92. The SMILES string of the molecule is OC[C@H]1OC(n2cnc3c(NCc4c(O)c(Cl)cc(Cl)c4O)ncnc32)[C@H](O)[C@@H]1O. The van der Waals surface area contributed by atoms with Crippen molar-refractivity contribution >= 4 is 40.2 Å². The van der Waals surface area contributed by atoms with Crippen LogP contribution in [0.2, 0.25) is 10.0 Å². The maximum Gasteiger partial charge on any atom is 0.167 e. The van der Waals surface area contributed by atoms with Crippen molar-refractivity contribution < 1.29 is 30.3 Å². The predicted molar refractivity (Wildman–Crippen MR) is 105 cm³/mol. The van der Waals surface area contributed by atoms with Gasteiger partial charge in [-0.05, 0) is 6.07 Å². The third-order valence-electron chi connectivity index (χ3n) is 4.86. The Labute approximate surface area is 179 Å². The number of benzene rings is 1. The number of hydrogen-bond donors (Lipinski definition) is 6. The van der Waals surface area contributed by atoms with Crippen LogP contribution in [-0.4, -0.2) is 70.0 Å². The number of ether oxygens (including phenoxy) is 1. The van der Waals surface area contributed by atoms with E-state index < -0.39 is 31.1 Å². The van der Waals surface area contributed by atoms with Crippen LogP contribution in [0.4, 0.5) is 5.82 Å². The molecule has 3 aromatic rings. The van der Waals surface area contributed by atoms with E-state index in [1.807, 2.05) is 0 Å². The molecule has 3 heterocycles. The molecular weight excluding hydrogens is 441 g/mol. The molecule has 0 radical (unpaired) electrons. The van der Waals surface area contributed by atoms with E-state index in [1.165, 1.54) is 23.3 Å². The van der Waals surface area contributed by atoms with E-state index in [-0.39, 0.29) is 39.5 Å². The lowest BCUT2D eigenvalue weighted by Crippen LogP contribution is -2.33. The third kappa shape index (κ3) is 3.39. The molecule has 0 aliphatic carbocycles. The first kappa shape index (κ1) is 20.8. The fourth-order valence-corrected chi connectivity index (χ4v) is 3.77. The molecule has 1 aliphatic rings. The molecule has 160 valence electrons. The molecule has 0 bridgehead atoms. The standard InChI is InChI=1S/C17H17Cl2N5O6/c18-7-1-8(19)12(27)6(11(7)26)2-20-15-10-16(22-4-21-15)24(5-23-10)17-14(29)13(28)9(3-25)30-17/h1,4-5,9,13-14,17,25-29H,2-3H2,(H,20,21,22)/t9-,13-,14-,17?/m1/s1. The molecule has 1 saturated heterocycles. The van der Waals surface area contributed by atoms with Gasteiger partial charge in [0, 0.05) is 6.54 Å². The lowest BCUT2D eigenvalue weighted by Gasteiger charge is -2.16. The van der Waals surface area contributed by atoms with E-state index in [0.29, 0.717) is 11.2 Å². The normalized spacial score (nSPS) is 23.9. The maximum atomic E-state index is 10.3. The van der Waals surface area contributed by atoms with Crippen molar-refractivity contribution in [3.63, 3.8) is 0 Å². The van der Waals surface area contributed by atoms with Gasteiger partial charge in [-0.3, -0.25) is 4.57 Å². The number of rotatable bonds is 5. The Balaban J connectivity index is 1.64. The zero-order valence-corrected chi connectivity index (χ0v) is 16.7. The molecule has 4 atom stereocenters. The second-order valence-corrected chi connectivity index (χ2v) is 7.46. The summed E-state index contributed by atoms with van der Waals surface area (Å²) in [6.07, 6.45) is -1.92. The lowest BCUT2D eigenvalue weighted by molar-refractivity contribution is -0.0511. The molecule has 1 aromatic carbocycles. The molecule has 30 heavy (non-hydrogen) atoms. The Bertz CT molecular complexity index is 1070. The van der Waals surface area contributed by atoms with Crippen LogP contribution in [0.3, 0.4) is 0 Å². The number of phenolic OH excluding ortho intramolecular Hbond substituents is 2. The van der Waals surface area contributed by atoms with Crippen LogP contribution in [0.1, 0.15) is 11.8 Å². The molecule has 0 spiro atoms. The van der Waals surface area contributed by atoms with Crippen LogP contribution in [0.5, 0.6) is 11.5 Å². The number of aromatic nitrogens is 4. The van der Waals surface area contributed by atoms with E-state index in [9.17, 15) is 25.5 Å². The number of nitrogens with zero attached hydrogens (tertiary/aromatic N) is 4. The molecule has 0 saturated carbocycles. The van der Waals surface area contributed by atoms with Gasteiger partial charge in [-0.25, -0.2) is 15.0 Å². The summed E-state index contributed by atoms with van der Waals surface area (Å²) in [4.78, 5) is 12.5. The van der Waals surface area contributed by atoms with E-state index in [0.717, 1.165) is 0 Å². The number of fused-ring (bicyclic) bond motifs is 1. The van der Waals surface area contributed by atoms with Gasteiger partial charge < -0.3 is 35.6 Å². The van der Waals surface area contributed by atoms with E-state index in [1.54, 1.807) is 0 Å². The first-order valence-electron chi connectivity index (χ1n) is 8.76. The van der Waals surface area contributed by atoms with Crippen LogP contribution < -0.4 is 5.32 Å². The highest BCUT2D eigenvalue weighted by Crippen LogP contribution is 2.40. The minimum atomic E-state index is -1.30. The molecule has 0 amide bonds. The highest BCUT2D eigenvalue weighted by molar-refractivity contribution is 6.36. The topological polar surface area (TPSA) is 166 Å². The quantitative estimate of drug-likeness (QED) is 0.322. The van der Waals surface area contributed by atoms with Gasteiger partial charge in [-0.15, -0.1) is 0 Å². The van der Waals surface area contributed by atoms with Crippen molar-refractivity contribution in [1.29, 1.82) is 0 Å². The van der Waals surface area contributed by atoms with Crippen molar-refractivity contribution in [3.8, 4) is 11.5 Å². The van der Waals surface area contributed by atoms with Crippen LogP contribution in [-0.2, 0) is 11.3 Å².